The summed E-state index contributed by atoms with van der Waals surface area (Å²) in [5.41, 5.74) is 7.90. The van der Waals surface area contributed by atoms with Gasteiger partial charge in [0.1, 0.15) is 5.82 Å². The first-order chi connectivity index (χ1) is 13.2. The van der Waals surface area contributed by atoms with Crippen LogP contribution in [0.25, 0.3) is 10.9 Å². The fourth-order valence-electron chi connectivity index (χ4n) is 3.87. The zero-order valence-electron chi connectivity index (χ0n) is 15.3. The number of rotatable bonds is 5. The van der Waals surface area contributed by atoms with E-state index in [-0.39, 0.29) is 11.8 Å². The highest BCUT2D eigenvalue weighted by molar-refractivity contribution is 6.00. The summed E-state index contributed by atoms with van der Waals surface area (Å²) in [6.07, 6.45) is 7.37. The molecule has 27 heavy (non-hydrogen) atoms. The zero-order valence-corrected chi connectivity index (χ0v) is 15.3. The van der Waals surface area contributed by atoms with E-state index in [0.717, 1.165) is 43.1 Å². The third kappa shape index (κ3) is 3.85. The summed E-state index contributed by atoms with van der Waals surface area (Å²) >= 11 is 0. The quantitative estimate of drug-likeness (QED) is 0.729. The normalized spacial score (nSPS) is 19.9. The van der Waals surface area contributed by atoms with Crippen molar-refractivity contribution in [3.8, 4) is 0 Å². The molecule has 1 fully saturated rings. The van der Waals surface area contributed by atoms with Crippen LogP contribution < -0.4 is 11.1 Å². The molecule has 1 saturated carbocycles. The number of nitrogens with one attached hydrogen (secondary N) is 1. The topological polar surface area (TPSA) is 85.8 Å². The summed E-state index contributed by atoms with van der Waals surface area (Å²) in [5.74, 6) is 1.26. The summed E-state index contributed by atoms with van der Waals surface area (Å²) in [4.78, 5) is 17.1. The summed E-state index contributed by atoms with van der Waals surface area (Å²) < 4.78 is 1.94. The number of hydrogen-bond acceptors (Lipinski definition) is 4. The predicted molar refractivity (Wildman–Crippen MR) is 106 cm³/mol. The number of amides is 1. The van der Waals surface area contributed by atoms with Crippen LogP contribution in [0.4, 0.5) is 5.82 Å². The Morgan fingerprint density at radius 1 is 1.15 bits per heavy atom. The lowest BCUT2D eigenvalue weighted by atomic mass is 9.81. The van der Waals surface area contributed by atoms with E-state index in [1.807, 2.05) is 28.9 Å². The SMILES string of the molecule is NCC1CCC(C(=O)Nc2nccc3c2cnn3Cc2ccccc2)CC1. The molecule has 0 aliphatic heterocycles. The summed E-state index contributed by atoms with van der Waals surface area (Å²) in [6, 6.07) is 12.1. The minimum atomic E-state index is 0.0456. The number of fused-ring (bicyclic) bond motifs is 1. The van der Waals surface area contributed by atoms with Crippen molar-refractivity contribution in [1.82, 2.24) is 14.8 Å². The van der Waals surface area contributed by atoms with Crippen LogP contribution in [0.1, 0.15) is 31.2 Å². The fraction of sp³-hybridized carbons (Fsp3) is 0.381. The van der Waals surface area contributed by atoms with E-state index >= 15 is 0 Å². The average molecular weight is 363 g/mol. The molecule has 3 N–H and O–H groups in total. The van der Waals surface area contributed by atoms with Crippen LogP contribution in [-0.4, -0.2) is 27.2 Å². The standard InChI is InChI=1S/C21H25N5O/c22-12-15-6-8-17(9-7-15)21(27)25-20-18-13-24-26(19(18)10-11-23-20)14-16-4-2-1-3-5-16/h1-5,10-11,13,15,17H,6-9,12,14,22H2,(H,23,25,27). The lowest BCUT2D eigenvalue weighted by Gasteiger charge is -2.26. The molecule has 1 aliphatic rings. The van der Waals surface area contributed by atoms with Gasteiger partial charge in [0.25, 0.3) is 0 Å². The van der Waals surface area contributed by atoms with Gasteiger partial charge in [0, 0.05) is 12.1 Å². The highest BCUT2D eigenvalue weighted by atomic mass is 16.1. The number of nitrogens with two attached hydrogens (primary N) is 1. The van der Waals surface area contributed by atoms with E-state index in [1.165, 1.54) is 5.56 Å². The van der Waals surface area contributed by atoms with Crippen molar-refractivity contribution in [2.24, 2.45) is 17.6 Å². The van der Waals surface area contributed by atoms with Crippen LogP contribution in [-0.2, 0) is 11.3 Å². The average Bonchev–Trinajstić information content (AvgIpc) is 3.13. The third-order valence-corrected chi connectivity index (χ3v) is 5.54. The number of nitrogens with zero attached hydrogens (tertiary/aromatic N) is 3. The molecule has 6 nitrogen and oxygen atoms in total. The Morgan fingerprint density at radius 3 is 2.67 bits per heavy atom. The molecule has 0 atom stereocenters. The first-order valence-corrected chi connectivity index (χ1v) is 9.60. The molecule has 1 aliphatic carbocycles. The van der Waals surface area contributed by atoms with Gasteiger partial charge < -0.3 is 11.1 Å². The lowest BCUT2D eigenvalue weighted by Crippen LogP contribution is -2.29. The molecule has 0 saturated heterocycles. The van der Waals surface area contributed by atoms with Gasteiger partial charge in [-0.05, 0) is 49.8 Å². The van der Waals surface area contributed by atoms with E-state index in [0.29, 0.717) is 18.3 Å². The molecule has 1 aromatic carbocycles. The Labute approximate surface area is 158 Å². The largest absolute Gasteiger partial charge is 0.330 e. The smallest absolute Gasteiger partial charge is 0.228 e. The van der Waals surface area contributed by atoms with Gasteiger partial charge in [-0.25, -0.2) is 4.98 Å². The van der Waals surface area contributed by atoms with E-state index in [9.17, 15) is 4.79 Å². The van der Waals surface area contributed by atoms with Gasteiger partial charge >= 0.3 is 0 Å². The summed E-state index contributed by atoms with van der Waals surface area (Å²) in [5, 5.41) is 8.41. The molecule has 4 rings (SSSR count). The van der Waals surface area contributed by atoms with E-state index in [4.69, 9.17) is 5.73 Å². The maximum Gasteiger partial charge on any atom is 0.228 e. The molecule has 1 amide bonds. The molecule has 6 heteroatoms. The monoisotopic (exact) mass is 363 g/mol. The van der Waals surface area contributed by atoms with Crippen LogP contribution >= 0.6 is 0 Å². The van der Waals surface area contributed by atoms with Crippen molar-refractivity contribution >= 4 is 22.6 Å². The van der Waals surface area contributed by atoms with Crippen molar-refractivity contribution in [3.63, 3.8) is 0 Å². The number of carbonyl (C=O) groups is 1. The van der Waals surface area contributed by atoms with Gasteiger partial charge in [-0.2, -0.15) is 5.10 Å². The van der Waals surface area contributed by atoms with Gasteiger partial charge in [-0.3, -0.25) is 9.48 Å². The number of pyridine rings is 1. The Morgan fingerprint density at radius 2 is 1.93 bits per heavy atom. The number of aromatic nitrogens is 3. The molecule has 0 spiro atoms. The van der Waals surface area contributed by atoms with Crippen LogP contribution in [0.15, 0.2) is 48.8 Å². The van der Waals surface area contributed by atoms with Gasteiger partial charge in [0.05, 0.1) is 23.6 Å². The van der Waals surface area contributed by atoms with Crippen molar-refractivity contribution in [1.29, 1.82) is 0 Å². The molecule has 3 aromatic rings. The molecule has 2 heterocycles. The Hall–Kier alpha value is -2.73. The highest BCUT2D eigenvalue weighted by Gasteiger charge is 2.26. The van der Waals surface area contributed by atoms with Crippen LogP contribution in [0.2, 0.25) is 0 Å². The summed E-state index contributed by atoms with van der Waals surface area (Å²) in [6.45, 7) is 1.40. The van der Waals surface area contributed by atoms with E-state index in [2.05, 4.69) is 27.5 Å². The summed E-state index contributed by atoms with van der Waals surface area (Å²) in [7, 11) is 0. The number of benzene rings is 1. The van der Waals surface area contributed by atoms with Gasteiger partial charge in [-0.15, -0.1) is 0 Å². The molecule has 0 unspecified atom stereocenters. The van der Waals surface area contributed by atoms with Gasteiger partial charge in [0.15, 0.2) is 0 Å². The fourth-order valence-corrected chi connectivity index (χ4v) is 3.87. The molecule has 0 bridgehead atoms. The second-order valence-corrected chi connectivity index (χ2v) is 7.32. The first-order valence-electron chi connectivity index (χ1n) is 9.60. The number of carbonyl (C=O) groups excluding carboxylic acids is 1. The molecule has 140 valence electrons. The zero-order chi connectivity index (χ0) is 18.6. The highest BCUT2D eigenvalue weighted by Crippen LogP contribution is 2.30. The van der Waals surface area contributed by atoms with Crippen molar-refractivity contribution in [2.75, 3.05) is 11.9 Å². The third-order valence-electron chi connectivity index (χ3n) is 5.54. The molecule has 0 radical (unpaired) electrons. The molecular weight excluding hydrogens is 338 g/mol. The van der Waals surface area contributed by atoms with Crippen LogP contribution in [0, 0.1) is 11.8 Å². The van der Waals surface area contributed by atoms with Gasteiger partial charge in [-0.1, -0.05) is 30.3 Å². The predicted octanol–water partition coefficient (Wildman–Crippen LogP) is 3.18. The van der Waals surface area contributed by atoms with Crippen molar-refractivity contribution in [3.05, 3.63) is 54.4 Å². The second-order valence-electron chi connectivity index (χ2n) is 7.32. The van der Waals surface area contributed by atoms with Crippen LogP contribution in [0.5, 0.6) is 0 Å². The van der Waals surface area contributed by atoms with E-state index < -0.39 is 0 Å². The number of anilines is 1. The Balaban J connectivity index is 1.50. The van der Waals surface area contributed by atoms with Crippen molar-refractivity contribution < 1.29 is 4.79 Å². The molecule has 2 aromatic heterocycles. The van der Waals surface area contributed by atoms with E-state index in [1.54, 1.807) is 12.4 Å². The van der Waals surface area contributed by atoms with Crippen molar-refractivity contribution in [2.45, 2.75) is 32.2 Å². The minimum Gasteiger partial charge on any atom is -0.330 e. The second kappa shape index (κ2) is 7.88. The Kier molecular flexibility index (Phi) is 5.16. The van der Waals surface area contributed by atoms with Crippen LogP contribution in [0.3, 0.4) is 0 Å². The maximum absolute atomic E-state index is 12.7. The molecular formula is C21H25N5O. The van der Waals surface area contributed by atoms with Gasteiger partial charge in [0.2, 0.25) is 5.91 Å². The Bertz CT molecular complexity index is 913. The maximum atomic E-state index is 12.7. The lowest BCUT2D eigenvalue weighted by molar-refractivity contribution is -0.121. The first kappa shape index (κ1) is 17.7. The number of hydrogen-bond donors (Lipinski definition) is 2. The minimum absolute atomic E-state index is 0.0456.